The molecule has 7 heteroatoms. The highest BCUT2D eigenvalue weighted by atomic mass is 16.5. The number of aromatic nitrogens is 3. The molecule has 1 aliphatic heterocycles. The highest BCUT2D eigenvalue weighted by molar-refractivity contribution is 5.75. The maximum Gasteiger partial charge on any atom is 0.250 e. The van der Waals surface area contributed by atoms with Crippen molar-refractivity contribution in [1.82, 2.24) is 19.9 Å². The van der Waals surface area contributed by atoms with Crippen molar-refractivity contribution in [3.8, 4) is 0 Å². The number of hydrogen-bond acceptors (Lipinski definition) is 5. The standard InChI is InChI=1S/C18H22N4O3/c23-16(7-10-22-9-2-1-5-17(22)24)20-12-15-6-8-19-18(21-15)14-4-3-11-25-13-14/h1-2,5-6,8-9,14H,3-4,7,10-13H2,(H,20,23). The maximum absolute atomic E-state index is 12.0. The second-order valence-electron chi connectivity index (χ2n) is 6.08. The molecule has 132 valence electrons. The van der Waals surface area contributed by atoms with Crippen molar-refractivity contribution in [3.05, 3.63) is 58.5 Å². The molecule has 1 aliphatic rings. The predicted octanol–water partition coefficient (Wildman–Crippen LogP) is 1.24. The Labute approximate surface area is 146 Å². The summed E-state index contributed by atoms with van der Waals surface area (Å²) in [6.45, 7) is 2.17. The summed E-state index contributed by atoms with van der Waals surface area (Å²) < 4.78 is 7.00. The Hall–Kier alpha value is -2.54. The molecule has 1 atom stereocenters. The average molecular weight is 342 g/mol. The van der Waals surface area contributed by atoms with Gasteiger partial charge in [0.25, 0.3) is 5.56 Å². The molecule has 1 saturated heterocycles. The Bertz CT molecular complexity index is 769. The number of ether oxygens (including phenoxy) is 1. The van der Waals surface area contributed by atoms with E-state index in [4.69, 9.17) is 4.74 Å². The highest BCUT2D eigenvalue weighted by Crippen LogP contribution is 2.22. The lowest BCUT2D eigenvalue weighted by Gasteiger charge is -2.20. The monoisotopic (exact) mass is 342 g/mol. The van der Waals surface area contributed by atoms with Crippen molar-refractivity contribution in [1.29, 1.82) is 0 Å². The Morgan fingerprint density at radius 1 is 1.36 bits per heavy atom. The first kappa shape index (κ1) is 17.3. The first-order valence-electron chi connectivity index (χ1n) is 8.54. The van der Waals surface area contributed by atoms with E-state index < -0.39 is 0 Å². The minimum Gasteiger partial charge on any atom is -0.381 e. The Morgan fingerprint density at radius 3 is 3.08 bits per heavy atom. The van der Waals surface area contributed by atoms with E-state index in [1.807, 2.05) is 0 Å². The van der Waals surface area contributed by atoms with Gasteiger partial charge in [0.05, 0.1) is 18.8 Å². The number of nitrogens with zero attached hydrogens (tertiary/aromatic N) is 3. The Balaban J connectivity index is 1.50. The zero-order valence-corrected chi connectivity index (χ0v) is 14.1. The minimum absolute atomic E-state index is 0.106. The Morgan fingerprint density at radius 2 is 2.28 bits per heavy atom. The number of rotatable bonds is 6. The summed E-state index contributed by atoms with van der Waals surface area (Å²) in [5.74, 6) is 0.897. The van der Waals surface area contributed by atoms with Gasteiger partial charge in [-0.3, -0.25) is 9.59 Å². The smallest absolute Gasteiger partial charge is 0.250 e. The first-order chi connectivity index (χ1) is 12.2. The van der Waals surface area contributed by atoms with E-state index in [0.29, 0.717) is 19.7 Å². The number of pyridine rings is 1. The molecule has 0 spiro atoms. The van der Waals surface area contributed by atoms with Crippen LogP contribution in [-0.4, -0.2) is 33.7 Å². The number of carbonyl (C=O) groups excluding carboxylic acids is 1. The fraction of sp³-hybridized carbons (Fsp3) is 0.444. The fourth-order valence-corrected chi connectivity index (χ4v) is 2.80. The predicted molar refractivity (Wildman–Crippen MR) is 92.0 cm³/mol. The van der Waals surface area contributed by atoms with Crippen molar-refractivity contribution in [3.63, 3.8) is 0 Å². The van der Waals surface area contributed by atoms with Crippen LogP contribution in [0.15, 0.2) is 41.5 Å². The van der Waals surface area contributed by atoms with Crippen LogP contribution in [0.1, 0.15) is 36.7 Å². The lowest BCUT2D eigenvalue weighted by atomic mass is 10.0. The number of carbonyl (C=O) groups is 1. The molecule has 1 fully saturated rings. The number of nitrogens with one attached hydrogen (secondary N) is 1. The van der Waals surface area contributed by atoms with Crippen molar-refractivity contribution < 1.29 is 9.53 Å². The van der Waals surface area contributed by atoms with Gasteiger partial charge in [0.1, 0.15) is 5.82 Å². The van der Waals surface area contributed by atoms with Crippen LogP contribution in [0, 0.1) is 0 Å². The number of aryl methyl sites for hydroxylation is 1. The molecule has 3 rings (SSSR count). The van der Waals surface area contributed by atoms with E-state index in [1.54, 1.807) is 30.6 Å². The zero-order valence-electron chi connectivity index (χ0n) is 14.1. The van der Waals surface area contributed by atoms with Gasteiger partial charge in [0.2, 0.25) is 5.91 Å². The third-order valence-corrected chi connectivity index (χ3v) is 4.20. The molecule has 1 amide bonds. The van der Waals surface area contributed by atoms with Crippen molar-refractivity contribution in [2.45, 2.75) is 38.3 Å². The van der Waals surface area contributed by atoms with E-state index in [2.05, 4.69) is 15.3 Å². The van der Waals surface area contributed by atoms with Crippen molar-refractivity contribution in [2.24, 2.45) is 0 Å². The molecule has 7 nitrogen and oxygen atoms in total. The van der Waals surface area contributed by atoms with Crippen LogP contribution in [0.5, 0.6) is 0 Å². The lowest BCUT2D eigenvalue weighted by Crippen LogP contribution is -2.27. The van der Waals surface area contributed by atoms with Gasteiger partial charge in [-0.05, 0) is 25.0 Å². The highest BCUT2D eigenvalue weighted by Gasteiger charge is 2.18. The second kappa shape index (κ2) is 8.53. The van der Waals surface area contributed by atoms with E-state index in [9.17, 15) is 9.59 Å². The molecular weight excluding hydrogens is 320 g/mol. The summed E-state index contributed by atoms with van der Waals surface area (Å²) >= 11 is 0. The van der Waals surface area contributed by atoms with E-state index in [-0.39, 0.29) is 23.8 Å². The van der Waals surface area contributed by atoms with E-state index in [1.165, 1.54) is 10.6 Å². The molecule has 25 heavy (non-hydrogen) atoms. The number of hydrogen-bond donors (Lipinski definition) is 1. The molecular formula is C18H22N4O3. The summed E-state index contributed by atoms with van der Waals surface area (Å²) in [4.78, 5) is 32.5. The summed E-state index contributed by atoms with van der Waals surface area (Å²) in [6.07, 6.45) is 5.70. The molecule has 0 radical (unpaired) electrons. The first-order valence-corrected chi connectivity index (χ1v) is 8.54. The van der Waals surface area contributed by atoms with Gasteiger partial charge in [0.15, 0.2) is 0 Å². The average Bonchev–Trinajstić information content (AvgIpc) is 2.67. The van der Waals surface area contributed by atoms with Crippen LogP contribution >= 0.6 is 0 Å². The van der Waals surface area contributed by atoms with Gasteiger partial charge < -0.3 is 14.6 Å². The molecule has 3 heterocycles. The van der Waals surface area contributed by atoms with Crippen molar-refractivity contribution >= 4 is 5.91 Å². The molecule has 2 aromatic heterocycles. The van der Waals surface area contributed by atoms with Crippen LogP contribution < -0.4 is 10.9 Å². The summed E-state index contributed by atoms with van der Waals surface area (Å²) in [5, 5.41) is 2.84. The second-order valence-corrected chi connectivity index (χ2v) is 6.08. The molecule has 2 aromatic rings. The maximum atomic E-state index is 12.0. The molecule has 0 bridgehead atoms. The van der Waals surface area contributed by atoms with Crippen LogP contribution in [-0.2, 0) is 22.6 Å². The zero-order chi connectivity index (χ0) is 17.5. The third-order valence-electron chi connectivity index (χ3n) is 4.20. The van der Waals surface area contributed by atoms with Crippen LogP contribution in [0.2, 0.25) is 0 Å². The molecule has 0 aliphatic carbocycles. The van der Waals surface area contributed by atoms with Gasteiger partial charge in [-0.2, -0.15) is 0 Å². The van der Waals surface area contributed by atoms with Crippen LogP contribution in [0.3, 0.4) is 0 Å². The molecule has 0 aromatic carbocycles. The summed E-state index contributed by atoms with van der Waals surface area (Å²) in [5.41, 5.74) is 0.672. The summed E-state index contributed by atoms with van der Waals surface area (Å²) in [7, 11) is 0. The van der Waals surface area contributed by atoms with Gasteiger partial charge in [-0.1, -0.05) is 6.07 Å². The molecule has 0 saturated carbocycles. The SMILES string of the molecule is O=C(CCn1ccccc1=O)NCc1ccnc(C2CCCOC2)n1. The van der Waals surface area contributed by atoms with Gasteiger partial charge in [0, 0.05) is 44.0 Å². The normalized spacial score (nSPS) is 17.2. The lowest BCUT2D eigenvalue weighted by molar-refractivity contribution is -0.121. The minimum atomic E-state index is -0.114. The largest absolute Gasteiger partial charge is 0.381 e. The van der Waals surface area contributed by atoms with Crippen LogP contribution in [0.4, 0.5) is 0 Å². The van der Waals surface area contributed by atoms with E-state index in [0.717, 1.165) is 31.0 Å². The van der Waals surface area contributed by atoms with Crippen LogP contribution in [0.25, 0.3) is 0 Å². The van der Waals surface area contributed by atoms with Gasteiger partial charge >= 0.3 is 0 Å². The molecule has 1 N–H and O–H groups in total. The number of amides is 1. The van der Waals surface area contributed by atoms with E-state index >= 15 is 0 Å². The topological polar surface area (TPSA) is 86.1 Å². The fourth-order valence-electron chi connectivity index (χ4n) is 2.80. The quantitative estimate of drug-likeness (QED) is 0.853. The van der Waals surface area contributed by atoms with Gasteiger partial charge in [-0.25, -0.2) is 9.97 Å². The molecule has 1 unspecified atom stereocenters. The van der Waals surface area contributed by atoms with Crippen molar-refractivity contribution in [2.75, 3.05) is 13.2 Å². The summed E-state index contributed by atoms with van der Waals surface area (Å²) in [6, 6.07) is 6.74. The Kier molecular flexibility index (Phi) is 5.90. The third kappa shape index (κ3) is 4.96. The van der Waals surface area contributed by atoms with Gasteiger partial charge in [-0.15, -0.1) is 0 Å².